The molecule has 0 atom stereocenters. The maximum atomic E-state index is 5.87. The van der Waals surface area contributed by atoms with Crippen LogP contribution in [0.5, 0.6) is 0 Å². The highest BCUT2D eigenvalue weighted by Crippen LogP contribution is 2.14. The van der Waals surface area contributed by atoms with Crippen molar-refractivity contribution in [3.05, 3.63) is 77.6 Å². The summed E-state index contributed by atoms with van der Waals surface area (Å²) in [7, 11) is 0. The monoisotopic (exact) mass is 283 g/mol. The molecule has 20 heavy (non-hydrogen) atoms. The first-order valence-corrected chi connectivity index (χ1v) is 6.77. The highest BCUT2D eigenvalue weighted by molar-refractivity contribution is 6.30. The van der Waals surface area contributed by atoms with Gasteiger partial charge in [0.05, 0.1) is 23.8 Å². The van der Waals surface area contributed by atoms with E-state index < -0.39 is 0 Å². The molecule has 3 nitrogen and oxygen atoms in total. The standard InChI is InChI=1S/C16H14ClN3/c17-14-8-6-13(7-9-14)10-18-15-11-19-20(12-15)16-4-2-1-3-5-16/h1-9,11-12,18H,10H2. The van der Waals surface area contributed by atoms with Gasteiger partial charge in [-0.3, -0.25) is 0 Å². The number of para-hydroxylation sites is 1. The zero-order chi connectivity index (χ0) is 13.8. The molecule has 4 heteroatoms. The average Bonchev–Trinajstić information content (AvgIpc) is 2.97. The Morgan fingerprint density at radius 2 is 1.75 bits per heavy atom. The summed E-state index contributed by atoms with van der Waals surface area (Å²) >= 11 is 5.87. The van der Waals surface area contributed by atoms with Crippen molar-refractivity contribution in [2.45, 2.75) is 6.54 Å². The second kappa shape index (κ2) is 5.80. The molecule has 3 rings (SSSR count). The van der Waals surface area contributed by atoms with Crippen molar-refractivity contribution >= 4 is 17.3 Å². The molecule has 0 radical (unpaired) electrons. The molecule has 0 spiro atoms. The molecule has 0 aliphatic heterocycles. The van der Waals surface area contributed by atoms with Crippen LogP contribution in [0, 0.1) is 0 Å². The van der Waals surface area contributed by atoms with E-state index in [0.29, 0.717) is 0 Å². The average molecular weight is 284 g/mol. The van der Waals surface area contributed by atoms with E-state index in [1.807, 2.05) is 71.7 Å². The summed E-state index contributed by atoms with van der Waals surface area (Å²) in [4.78, 5) is 0. The number of rotatable bonds is 4. The van der Waals surface area contributed by atoms with E-state index >= 15 is 0 Å². The molecule has 0 aliphatic carbocycles. The molecular weight excluding hydrogens is 270 g/mol. The maximum absolute atomic E-state index is 5.87. The fourth-order valence-corrected chi connectivity index (χ4v) is 2.07. The summed E-state index contributed by atoms with van der Waals surface area (Å²) in [5, 5.41) is 8.45. The Hall–Kier alpha value is -2.26. The molecule has 100 valence electrons. The Morgan fingerprint density at radius 1 is 1.00 bits per heavy atom. The highest BCUT2D eigenvalue weighted by Gasteiger charge is 2.00. The molecule has 1 heterocycles. The lowest BCUT2D eigenvalue weighted by Crippen LogP contribution is -1.98. The third-order valence-corrected chi connectivity index (χ3v) is 3.27. The van der Waals surface area contributed by atoms with E-state index in [1.165, 1.54) is 5.56 Å². The van der Waals surface area contributed by atoms with Gasteiger partial charge in [0.2, 0.25) is 0 Å². The van der Waals surface area contributed by atoms with Gasteiger partial charge >= 0.3 is 0 Å². The third kappa shape index (κ3) is 3.00. The Kier molecular flexibility index (Phi) is 3.70. The molecule has 0 saturated carbocycles. The fraction of sp³-hybridized carbons (Fsp3) is 0.0625. The van der Waals surface area contributed by atoms with E-state index in [9.17, 15) is 0 Å². The van der Waals surface area contributed by atoms with Crippen molar-refractivity contribution in [2.75, 3.05) is 5.32 Å². The summed E-state index contributed by atoms with van der Waals surface area (Å²) < 4.78 is 1.85. The van der Waals surface area contributed by atoms with Crippen molar-refractivity contribution < 1.29 is 0 Å². The van der Waals surface area contributed by atoms with Gasteiger partial charge in [-0.1, -0.05) is 41.9 Å². The number of anilines is 1. The van der Waals surface area contributed by atoms with Crippen molar-refractivity contribution in [2.24, 2.45) is 0 Å². The van der Waals surface area contributed by atoms with Crippen LogP contribution in [-0.4, -0.2) is 9.78 Å². The molecule has 0 bridgehead atoms. The Balaban J connectivity index is 1.67. The van der Waals surface area contributed by atoms with Crippen molar-refractivity contribution in [3.63, 3.8) is 0 Å². The largest absolute Gasteiger partial charge is 0.378 e. The van der Waals surface area contributed by atoms with Crippen LogP contribution in [0.4, 0.5) is 5.69 Å². The van der Waals surface area contributed by atoms with Crippen molar-refractivity contribution in [1.82, 2.24) is 9.78 Å². The lowest BCUT2D eigenvalue weighted by atomic mass is 10.2. The molecule has 0 amide bonds. The second-order valence-corrected chi connectivity index (χ2v) is 4.93. The van der Waals surface area contributed by atoms with Crippen LogP contribution in [0.3, 0.4) is 0 Å². The molecule has 0 fully saturated rings. The maximum Gasteiger partial charge on any atom is 0.0733 e. The second-order valence-electron chi connectivity index (χ2n) is 4.49. The molecule has 1 N–H and O–H groups in total. The van der Waals surface area contributed by atoms with Crippen LogP contribution in [0.15, 0.2) is 67.0 Å². The quantitative estimate of drug-likeness (QED) is 0.780. The smallest absolute Gasteiger partial charge is 0.0733 e. The summed E-state index contributed by atoms with van der Waals surface area (Å²) in [6, 6.07) is 17.8. The first-order valence-electron chi connectivity index (χ1n) is 6.40. The number of hydrogen-bond acceptors (Lipinski definition) is 2. The Morgan fingerprint density at radius 3 is 2.50 bits per heavy atom. The topological polar surface area (TPSA) is 29.9 Å². The summed E-state index contributed by atoms with van der Waals surface area (Å²) in [6.45, 7) is 0.748. The van der Waals surface area contributed by atoms with Gasteiger partial charge in [0.25, 0.3) is 0 Å². The number of halogens is 1. The van der Waals surface area contributed by atoms with E-state index in [-0.39, 0.29) is 0 Å². The molecule has 0 aliphatic rings. The van der Waals surface area contributed by atoms with Crippen LogP contribution in [0.1, 0.15) is 5.56 Å². The SMILES string of the molecule is Clc1ccc(CNc2cnn(-c3ccccc3)c2)cc1. The van der Waals surface area contributed by atoms with Gasteiger partial charge in [-0.25, -0.2) is 4.68 Å². The number of hydrogen-bond donors (Lipinski definition) is 1. The highest BCUT2D eigenvalue weighted by atomic mass is 35.5. The summed E-state index contributed by atoms with van der Waals surface area (Å²) in [5.41, 5.74) is 3.22. The van der Waals surface area contributed by atoms with Crippen LogP contribution < -0.4 is 5.32 Å². The normalized spacial score (nSPS) is 10.4. The van der Waals surface area contributed by atoms with Crippen LogP contribution in [-0.2, 0) is 6.54 Å². The zero-order valence-corrected chi connectivity index (χ0v) is 11.6. The first-order chi connectivity index (χ1) is 9.81. The molecular formula is C16H14ClN3. The van der Waals surface area contributed by atoms with E-state index in [2.05, 4.69) is 10.4 Å². The number of aromatic nitrogens is 2. The number of nitrogens with zero attached hydrogens (tertiary/aromatic N) is 2. The van der Waals surface area contributed by atoms with Crippen LogP contribution >= 0.6 is 11.6 Å². The zero-order valence-electron chi connectivity index (χ0n) is 10.8. The van der Waals surface area contributed by atoms with E-state index in [0.717, 1.165) is 22.9 Å². The minimum Gasteiger partial charge on any atom is -0.378 e. The third-order valence-electron chi connectivity index (χ3n) is 3.01. The predicted molar refractivity (Wildman–Crippen MR) is 82.3 cm³/mol. The van der Waals surface area contributed by atoms with Crippen LogP contribution in [0.2, 0.25) is 5.02 Å². The number of benzene rings is 2. The Bertz CT molecular complexity index is 674. The van der Waals surface area contributed by atoms with Gasteiger partial charge in [-0.05, 0) is 29.8 Å². The van der Waals surface area contributed by atoms with Gasteiger partial charge in [0.1, 0.15) is 0 Å². The van der Waals surface area contributed by atoms with Gasteiger partial charge in [0, 0.05) is 11.6 Å². The van der Waals surface area contributed by atoms with Crippen molar-refractivity contribution in [3.8, 4) is 5.69 Å². The minimum atomic E-state index is 0.748. The lowest BCUT2D eigenvalue weighted by molar-refractivity contribution is 0.880. The van der Waals surface area contributed by atoms with Gasteiger partial charge < -0.3 is 5.32 Å². The summed E-state index contributed by atoms with van der Waals surface area (Å²) in [6.07, 6.45) is 3.80. The first kappa shape index (κ1) is 12.8. The lowest BCUT2D eigenvalue weighted by Gasteiger charge is -2.03. The van der Waals surface area contributed by atoms with Crippen molar-refractivity contribution in [1.29, 1.82) is 0 Å². The molecule has 3 aromatic rings. The molecule has 2 aromatic carbocycles. The summed E-state index contributed by atoms with van der Waals surface area (Å²) in [5.74, 6) is 0. The van der Waals surface area contributed by atoms with Crippen LogP contribution in [0.25, 0.3) is 5.69 Å². The van der Waals surface area contributed by atoms with E-state index in [1.54, 1.807) is 0 Å². The van der Waals surface area contributed by atoms with Gasteiger partial charge in [-0.2, -0.15) is 5.10 Å². The van der Waals surface area contributed by atoms with Gasteiger partial charge in [-0.15, -0.1) is 0 Å². The van der Waals surface area contributed by atoms with E-state index in [4.69, 9.17) is 11.6 Å². The predicted octanol–water partition coefficient (Wildman–Crippen LogP) is 4.14. The van der Waals surface area contributed by atoms with Gasteiger partial charge in [0.15, 0.2) is 0 Å². The molecule has 1 aromatic heterocycles. The molecule has 0 unspecified atom stereocenters. The number of nitrogens with one attached hydrogen (secondary N) is 1. The Labute approximate surface area is 122 Å². The molecule has 0 saturated heterocycles. The fourth-order valence-electron chi connectivity index (χ4n) is 1.94. The minimum absolute atomic E-state index is 0.748.